The minimum absolute atomic E-state index is 0.0323. The molecular formula is C52H52F4N6O7. The molecule has 2 aliphatic heterocycles. The average Bonchev–Trinajstić information content (AvgIpc) is 4.01. The van der Waals surface area contributed by atoms with Crippen LogP contribution in [0, 0.1) is 46.9 Å². The molecule has 0 unspecified atom stereocenters. The van der Waals surface area contributed by atoms with E-state index < -0.39 is 88.1 Å². The fourth-order valence-corrected chi connectivity index (χ4v) is 8.65. The molecule has 0 bridgehead atoms. The van der Waals surface area contributed by atoms with E-state index in [2.05, 4.69) is 21.3 Å². The highest BCUT2D eigenvalue weighted by atomic mass is 19.1. The number of phenolic OH excluding ortho intramolecular Hbond substituents is 1. The Bertz CT molecular complexity index is 2490. The lowest BCUT2D eigenvalue weighted by molar-refractivity contribution is -0.132. The molecule has 6 amide bonds. The fraction of sp³-hybridized carbons (Fsp3) is 0.308. The number of carbonyl (C=O) groups excluding carboxylic acids is 6. The third kappa shape index (κ3) is 13.1. The lowest BCUT2D eigenvalue weighted by atomic mass is 9.94. The van der Waals surface area contributed by atoms with Crippen LogP contribution in [0.5, 0.6) is 5.75 Å². The molecule has 0 saturated carbocycles. The molecule has 2 fully saturated rings. The van der Waals surface area contributed by atoms with Gasteiger partial charge >= 0.3 is 0 Å². The molecule has 5 aromatic rings. The second-order valence-corrected chi connectivity index (χ2v) is 17.2. The maximum Gasteiger partial charge on any atom is 0.257 e. The Balaban J connectivity index is 1.01. The molecule has 7 rings (SSSR count). The number of nitrogens with zero attached hydrogens (tertiary/aromatic N) is 2. The van der Waals surface area contributed by atoms with Crippen molar-refractivity contribution in [2.24, 2.45) is 23.7 Å². The van der Waals surface area contributed by atoms with Crippen LogP contribution in [0.1, 0.15) is 43.0 Å². The van der Waals surface area contributed by atoms with Crippen molar-refractivity contribution in [2.45, 2.75) is 25.7 Å². The molecule has 360 valence electrons. The smallest absolute Gasteiger partial charge is 0.257 e. The third-order valence-corrected chi connectivity index (χ3v) is 12.5. The number of benzene rings is 5. The number of halogens is 4. The molecule has 0 spiro atoms. The predicted octanol–water partition coefficient (Wildman–Crippen LogP) is 4.76. The largest absolute Gasteiger partial charge is 0.507 e. The normalized spacial score (nSPS) is 17.6. The summed E-state index contributed by atoms with van der Waals surface area (Å²) < 4.78 is 53.7. The number of rotatable bonds is 18. The molecule has 4 atom stereocenters. The SMILES string of the molecule is O=C(NCCc1ccc(F)cc1)[C@@H]1CN(C(=O)c2ccc(C(=O)N3C[C@@H](C(=O)NCCc4ccc(F)cc4)[C@H](C(=O)NCCc4ccc(F)cc4)C3)c(O)c2)C[C@H]1C(=O)NCCc1ccc(F)cc1. The molecule has 2 saturated heterocycles. The van der Waals surface area contributed by atoms with Gasteiger partial charge in [-0.05, 0) is 115 Å². The van der Waals surface area contributed by atoms with Crippen LogP contribution in [-0.4, -0.2) is 103 Å². The van der Waals surface area contributed by atoms with Crippen molar-refractivity contribution in [3.05, 3.63) is 172 Å². The molecule has 2 heterocycles. The van der Waals surface area contributed by atoms with E-state index in [-0.39, 0.29) is 63.5 Å². The molecule has 5 aromatic carbocycles. The standard InChI is InChI=1S/C52H52F4N6O7/c53-37-10-1-32(2-11-37)19-23-57-47(64)42-28-61(29-43(42)48(65)58-24-20-33-3-12-38(54)13-4-33)51(68)36-9-18-41(46(63)27-36)52(69)62-30-44(49(66)59-25-21-34-5-14-39(55)15-6-34)45(31-62)50(67)60-26-22-35-7-16-40(56)17-8-35/h1-18,27,42-45,63H,19-26,28-31H2,(H,57,64)(H,58,65)(H,59,66)(H,60,67)/t42-,43-,44-,45-/m1/s1. The monoisotopic (exact) mass is 948 g/mol. The van der Waals surface area contributed by atoms with E-state index in [4.69, 9.17) is 0 Å². The number of nitrogens with one attached hydrogen (secondary N) is 4. The molecule has 5 N–H and O–H groups in total. The van der Waals surface area contributed by atoms with E-state index in [9.17, 15) is 51.4 Å². The first kappa shape index (κ1) is 49.3. The Morgan fingerprint density at radius 1 is 0.420 bits per heavy atom. The van der Waals surface area contributed by atoms with Gasteiger partial charge in [0.05, 0.1) is 29.2 Å². The van der Waals surface area contributed by atoms with Crippen LogP contribution in [0.3, 0.4) is 0 Å². The van der Waals surface area contributed by atoms with Gasteiger partial charge in [0.1, 0.15) is 29.0 Å². The predicted molar refractivity (Wildman–Crippen MR) is 246 cm³/mol. The number of hydrogen-bond donors (Lipinski definition) is 5. The second kappa shape index (κ2) is 23.0. The molecular weight excluding hydrogens is 897 g/mol. The molecule has 2 aliphatic rings. The summed E-state index contributed by atoms with van der Waals surface area (Å²) in [6.07, 6.45) is 1.53. The van der Waals surface area contributed by atoms with Gasteiger partial charge in [0.2, 0.25) is 23.6 Å². The third-order valence-electron chi connectivity index (χ3n) is 12.5. The molecule has 0 aromatic heterocycles. The van der Waals surface area contributed by atoms with Gasteiger partial charge < -0.3 is 36.2 Å². The van der Waals surface area contributed by atoms with E-state index in [1.807, 2.05) is 0 Å². The van der Waals surface area contributed by atoms with Crippen LogP contribution in [0.2, 0.25) is 0 Å². The summed E-state index contributed by atoms with van der Waals surface area (Å²) in [6.45, 7) is 0.0677. The summed E-state index contributed by atoms with van der Waals surface area (Å²) in [7, 11) is 0. The van der Waals surface area contributed by atoms with Crippen molar-refractivity contribution in [3.63, 3.8) is 0 Å². The second-order valence-electron chi connectivity index (χ2n) is 17.2. The number of likely N-dealkylation sites (tertiary alicyclic amines) is 2. The van der Waals surface area contributed by atoms with Gasteiger partial charge in [-0.15, -0.1) is 0 Å². The molecule has 0 aliphatic carbocycles. The Labute approximate surface area is 396 Å². The Hall–Kier alpha value is -7.56. The molecule has 17 heteroatoms. The number of phenols is 1. The summed E-state index contributed by atoms with van der Waals surface area (Å²) >= 11 is 0. The zero-order chi connectivity index (χ0) is 49.0. The van der Waals surface area contributed by atoms with Crippen LogP contribution in [-0.2, 0) is 44.9 Å². The van der Waals surface area contributed by atoms with E-state index in [0.29, 0.717) is 25.7 Å². The summed E-state index contributed by atoms with van der Waals surface area (Å²) in [5.74, 6) is -9.25. The van der Waals surface area contributed by atoms with Crippen LogP contribution in [0.15, 0.2) is 115 Å². The Morgan fingerprint density at radius 3 is 0.971 bits per heavy atom. The van der Waals surface area contributed by atoms with E-state index in [0.717, 1.165) is 28.3 Å². The topological polar surface area (TPSA) is 177 Å². The zero-order valence-electron chi connectivity index (χ0n) is 37.6. The highest BCUT2D eigenvalue weighted by Crippen LogP contribution is 2.31. The molecule has 69 heavy (non-hydrogen) atoms. The van der Waals surface area contributed by atoms with Gasteiger partial charge in [0.15, 0.2) is 0 Å². The maximum atomic E-state index is 14.0. The number of hydrogen-bond acceptors (Lipinski definition) is 7. The number of carbonyl (C=O) groups is 6. The van der Waals surface area contributed by atoms with Crippen molar-refractivity contribution in [1.29, 1.82) is 0 Å². The van der Waals surface area contributed by atoms with Crippen LogP contribution in [0.4, 0.5) is 17.6 Å². The lowest BCUT2D eigenvalue weighted by Gasteiger charge is -2.19. The molecule has 0 radical (unpaired) electrons. The van der Waals surface area contributed by atoms with E-state index in [1.54, 1.807) is 48.5 Å². The van der Waals surface area contributed by atoms with E-state index in [1.165, 1.54) is 70.5 Å². The summed E-state index contributed by atoms with van der Waals surface area (Å²) in [5.41, 5.74) is 2.88. The van der Waals surface area contributed by atoms with Crippen molar-refractivity contribution in [3.8, 4) is 5.75 Å². The number of aromatic hydroxyl groups is 1. The Kier molecular flexibility index (Phi) is 16.4. The minimum atomic E-state index is -0.979. The maximum absolute atomic E-state index is 14.0. The van der Waals surface area contributed by atoms with Crippen LogP contribution >= 0.6 is 0 Å². The molecule has 13 nitrogen and oxygen atoms in total. The fourth-order valence-electron chi connectivity index (χ4n) is 8.65. The van der Waals surface area contributed by atoms with Gasteiger partial charge in [0.25, 0.3) is 11.8 Å². The van der Waals surface area contributed by atoms with Gasteiger partial charge in [-0.1, -0.05) is 48.5 Å². The Morgan fingerprint density at radius 2 is 0.696 bits per heavy atom. The van der Waals surface area contributed by atoms with Crippen LogP contribution in [0.25, 0.3) is 0 Å². The van der Waals surface area contributed by atoms with Gasteiger partial charge in [-0.2, -0.15) is 0 Å². The first-order chi connectivity index (χ1) is 33.2. The zero-order valence-corrected chi connectivity index (χ0v) is 37.6. The summed E-state index contributed by atoms with van der Waals surface area (Å²) in [4.78, 5) is 85.2. The first-order valence-corrected chi connectivity index (χ1v) is 22.7. The highest BCUT2D eigenvalue weighted by molar-refractivity contribution is 6.02. The van der Waals surface area contributed by atoms with Gasteiger partial charge in [0, 0.05) is 57.9 Å². The highest BCUT2D eigenvalue weighted by Gasteiger charge is 2.45. The van der Waals surface area contributed by atoms with Crippen molar-refractivity contribution in [1.82, 2.24) is 31.1 Å². The van der Waals surface area contributed by atoms with Gasteiger partial charge in [-0.3, -0.25) is 28.8 Å². The first-order valence-electron chi connectivity index (χ1n) is 22.7. The minimum Gasteiger partial charge on any atom is -0.507 e. The van der Waals surface area contributed by atoms with Crippen molar-refractivity contribution in [2.75, 3.05) is 52.4 Å². The average molecular weight is 949 g/mol. The van der Waals surface area contributed by atoms with E-state index >= 15 is 0 Å². The van der Waals surface area contributed by atoms with Crippen LogP contribution < -0.4 is 21.3 Å². The number of amides is 6. The van der Waals surface area contributed by atoms with Gasteiger partial charge in [-0.25, -0.2) is 17.6 Å². The van der Waals surface area contributed by atoms with Crippen molar-refractivity contribution >= 4 is 35.4 Å². The summed E-state index contributed by atoms with van der Waals surface area (Å²) in [5, 5.41) is 22.6. The quantitative estimate of drug-likeness (QED) is 0.0787. The summed E-state index contributed by atoms with van der Waals surface area (Å²) in [6, 6.07) is 27.0. The van der Waals surface area contributed by atoms with Crippen molar-refractivity contribution < 1.29 is 51.4 Å². The lowest BCUT2D eigenvalue weighted by Crippen LogP contribution is -2.42.